The second kappa shape index (κ2) is 13.0. The van der Waals surface area contributed by atoms with Gasteiger partial charge in [0.05, 0.1) is 26.2 Å². The van der Waals surface area contributed by atoms with Crippen molar-refractivity contribution in [3.8, 4) is 0 Å². The maximum atomic E-state index is 8.70. The van der Waals surface area contributed by atoms with Gasteiger partial charge in [0.2, 0.25) is 0 Å². The summed E-state index contributed by atoms with van der Waals surface area (Å²) >= 11 is 0. The molecule has 0 saturated carbocycles. The van der Waals surface area contributed by atoms with E-state index in [0.717, 1.165) is 6.04 Å². The quantitative estimate of drug-likeness (QED) is 0.502. The highest BCUT2D eigenvalue weighted by atomic mass is 31.1. The number of quaternary nitrogens is 1. The van der Waals surface area contributed by atoms with Crippen LogP contribution in [0.1, 0.15) is 66.2 Å². The molecule has 0 heterocycles. The van der Waals surface area contributed by atoms with Crippen LogP contribution in [0.25, 0.3) is 0 Å². The van der Waals surface area contributed by atoms with E-state index in [1.807, 2.05) is 0 Å². The van der Waals surface area contributed by atoms with Crippen LogP contribution in [0.3, 0.4) is 0 Å². The first kappa shape index (κ1) is 21.3. The summed E-state index contributed by atoms with van der Waals surface area (Å²) in [6, 6.07) is 0.903. The molecule has 116 valence electrons. The van der Waals surface area contributed by atoms with E-state index in [1.54, 1.807) is 0 Å². The molecule has 19 heavy (non-hydrogen) atoms. The van der Waals surface area contributed by atoms with Crippen LogP contribution >= 0.6 is 8.25 Å². The standard InChI is InChI=1S/C14H32N.HO3P/c1-6-10-14(11-7-2)15(5,12-8-3)13-9-4;1-4(2)3/h14H,6-13H2,1-5H3;(H-,1,2,3)/q+1;/p+1. The predicted molar refractivity (Wildman–Crippen MR) is 82.1 cm³/mol. The summed E-state index contributed by atoms with van der Waals surface area (Å²) < 4.78 is 10.0. The molecule has 2 N–H and O–H groups in total. The van der Waals surface area contributed by atoms with Crippen molar-refractivity contribution >= 4 is 8.25 Å². The van der Waals surface area contributed by atoms with Crippen LogP contribution < -0.4 is 0 Å². The summed E-state index contributed by atoms with van der Waals surface area (Å²) in [4.78, 5) is 14.2. The van der Waals surface area contributed by atoms with Crippen LogP contribution in [0, 0.1) is 0 Å². The fourth-order valence-corrected chi connectivity index (χ4v) is 2.93. The lowest BCUT2D eigenvalue weighted by molar-refractivity contribution is -0.934. The van der Waals surface area contributed by atoms with Crippen LogP contribution in [0.5, 0.6) is 0 Å². The average Bonchev–Trinajstić information content (AvgIpc) is 2.28. The van der Waals surface area contributed by atoms with Gasteiger partial charge in [-0.1, -0.05) is 40.5 Å². The third-order valence-electron chi connectivity index (χ3n) is 3.59. The molecule has 4 nitrogen and oxygen atoms in total. The van der Waals surface area contributed by atoms with Gasteiger partial charge in [-0.05, 0) is 25.7 Å². The van der Waals surface area contributed by atoms with Gasteiger partial charge in [0.25, 0.3) is 0 Å². The first-order valence-corrected chi connectivity index (χ1v) is 8.73. The summed E-state index contributed by atoms with van der Waals surface area (Å²) in [6.45, 7) is 12.0. The van der Waals surface area contributed by atoms with Crippen LogP contribution in [-0.2, 0) is 4.57 Å². The van der Waals surface area contributed by atoms with Gasteiger partial charge < -0.3 is 4.48 Å². The van der Waals surface area contributed by atoms with Gasteiger partial charge in [0.1, 0.15) is 0 Å². The van der Waals surface area contributed by atoms with Gasteiger partial charge >= 0.3 is 8.25 Å². The normalized spacial score (nSPS) is 11.2. The average molecular weight is 295 g/mol. The Morgan fingerprint density at radius 2 is 1.21 bits per heavy atom. The van der Waals surface area contributed by atoms with E-state index in [4.69, 9.17) is 14.4 Å². The molecule has 0 saturated heterocycles. The zero-order valence-corrected chi connectivity index (χ0v) is 14.3. The molecule has 0 aromatic heterocycles. The lowest BCUT2D eigenvalue weighted by Crippen LogP contribution is -2.53. The molecule has 0 aliphatic carbocycles. The largest absolute Gasteiger partial charge is 0.692 e. The summed E-state index contributed by atoms with van der Waals surface area (Å²) in [6.07, 6.45) is 8.13. The van der Waals surface area contributed by atoms with Crippen LogP contribution in [0.15, 0.2) is 0 Å². The van der Waals surface area contributed by atoms with E-state index in [-0.39, 0.29) is 0 Å². The van der Waals surface area contributed by atoms with Crippen LogP contribution in [0.4, 0.5) is 0 Å². The Balaban J connectivity index is 0. The molecule has 0 aromatic rings. The SMILES string of the molecule is CCCC(CCC)[N+](C)(CCC)CCC.O=[P+](O)O. The monoisotopic (exact) mass is 295 g/mol. The van der Waals surface area contributed by atoms with E-state index in [0.29, 0.717) is 0 Å². The van der Waals surface area contributed by atoms with E-state index in [9.17, 15) is 0 Å². The van der Waals surface area contributed by atoms with Gasteiger partial charge in [-0.15, -0.1) is 9.79 Å². The van der Waals surface area contributed by atoms with Crippen molar-refractivity contribution in [3.63, 3.8) is 0 Å². The molecular weight excluding hydrogens is 261 g/mol. The fourth-order valence-electron chi connectivity index (χ4n) is 2.93. The Labute approximate surface area is 120 Å². The van der Waals surface area contributed by atoms with Crippen molar-refractivity contribution in [3.05, 3.63) is 0 Å². The Morgan fingerprint density at radius 3 is 1.42 bits per heavy atom. The third-order valence-corrected chi connectivity index (χ3v) is 3.59. The molecule has 0 rings (SSSR count). The molecular formula is C14H34NO3P+2. The van der Waals surface area contributed by atoms with Crippen molar-refractivity contribution < 1.29 is 18.8 Å². The number of rotatable bonds is 9. The summed E-state index contributed by atoms with van der Waals surface area (Å²) in [5, 5.41) is 0. The fraction of sp³-hybridized carbons (Fsp3) is 1.00. The Hall–Kier alpha value is -0.0200. The van der Waals surface area contributed by atoms with Crippen LogP contribution in [-0.4, -0.2) is 40.4 Å². The molecule has 0 aliphatic rings. The van der Waals surface area contributed by atoms with Gasteiger partial charge in [-0.3, -0.25) is 0 Å². The molecule has 0 spiro atoms. The van der Waals surface area contributed by atoms with E-state index in [1.165, 1.54) is 56.1 Å². The van der Waals surface area contributed by atoms with E-state index < -0.39 is 8.25 Å². The highest BCUT2D eigenvalue weighted by Crippen LogP contribution is 2.21. The second-order valence-corrected chi connectivity index (χ2v) is 5.92. The van der Waals surface area contributed by atoms with Crippen molar-refractivity contribution in [2.75, 3.05) is 20.1 Å². The minimum Gasteiger partial charge on any atom is -0.324 e. The third kappa shape index (κ3) is 11.5. The zero-order valence-electron chi connectivity index (χ0n) is 13.4. The lowest BCUT2D eigenvalue weighted by atomic mass is 10.0. The molecule has 0 aliphatic heterocycles. The number of hydrogen-bond donors (Lipinski definition) is 2. The van der Waals surface area contributed by atoms with Crippen molar-refractivity contribution in [2.45, 2.75) is 72.3 Å². The molecule has 0 bridgehead atoms. The Bertz CT molecular complexity index is 209. The topological polar surface area (TPSA) is 57.5 Å². The molecule has 0 unspecified atom stereocenters. The number of hydrogen-bond acceptors (Lipinski definition) is 1. The number of nitrogens with zero attached hydrogens (tertiary/aromatic N) is 1. The van der Waals surface area contributed by atoms with Crippen molar-refractivity contribution in [1.82, 2.24) is 0 Å². The van der Waals surface area contributed by atoms with Crippen LogP contribution in [0.2, 0.25) is 0 Å². The first-order valence-electron chi connectivity index (χ1n) is 7.57. The molecule has 0 radical (unpaired) electrons. The Kier molecular flexibility index (Phi) is 14.5. The molecule has 0 amide bonds. The zero-order chi connectivity index (χ0) is 15.3. The summed E-state index contributed by atoms with van der Waals surface area (Å²) in [7, 11) is -0.395. The molecule has 0 atom stereocenters. The lowest BCUT2D eigenvalue weighted by Gasteiger charge is -2.42. The minimum atomic E-state index is -2.87. The van der Waals surface area contributed by atoms with Gasteiger partial charge in [0.15, 0.2) is 0 Å². The van der Waals surface area contributed by atoms with Gasteiger partial charge in [0, 0.05) is 4.57 Å². The predicted octanol–water partition coefficient (Wildman–Crippen LogP) is 3.85. The molecule has 0 fully saturated rings. The van der Waals surface area contributed by atoms with Crippen molar-refractivity contribution in [2.24, 2.45) is 0 Å². The van der Waals surface area contributed by atoms with Gasteiger partial charge in [-0.25, -0.2) is 0 Å². The highest BCUT2D eigenvalue weighted by Gasteiger charge is 2.29. The first-order chi connectivity index (χ1) is 8.87. The Morgan fingerprint density at radius 1 is 0.895 bits per heavy atom. The maximum absolute atomic E-state index is 8.70. The van der Waals surface area contributed by atoms with Gasteiger partial charge in [-0.2, -0.15) is 0 Å². The highest BCUT2D eigenvalue weighted by molar-refractivity contribution is 7.30. The second-order valence-electron chi connectivity index (χ2n) is 5.41. The molecule has 0 aromatic carbocycles. The molecule has 5 heteroatoms. The summed E-state index contributed by atoms with van der Waals surface area (Å²) in [5.74, 6) is 0. The van der Waals surface area contributed by atoms with Crippen molar-refractivity contribution in [1.29, 1.82) is 0 Å². The summed E-state index contributed by atoms with van der Waals surface area (Å²) in [5.41, 5.74) is 0. The smallest absolute Gasteiger partial charge is 0.324 e. The van der Waals surface area contributed by atoms with E-state index in [2.05, 4.69) is 34.7 Å². The maximum Gasteiger partial charge on any atom is 0.692 e. The minimum absolute atomic E-state index is 0.903. The van der Waals surface area contributed by atoms with E-state index >= 15 is 0 Å².